The van der Waals surface area contributed by atoms with E-state index in [0.717, 1.165) is 14.9 Å². The molecule has 11 heavy (non-hydrogen) atoms. The van der Waals surface area contributed by atoms with Gasteiger partial charge in [-0.25, -0.2) is 0 Å². The highest BCUT2D eigenvalue weighted by molar-refractivity contribution is 9.12. The topological polar surface area (TPSA) is 0 Å². The van der Waals surface area contributed by atoms with Crippen molar-refractivity contribution in [2.24, 2.45) is 0 Å². The second kappa shape index (κ2) is 3.54. The fourth-order valence-electron chi connectivity index (χ4n) is 0.844. The van der Waals surface area contributed by atoms with Crippen LogP contribution >= 0.6 is 15.9 Å². The van der Waals surface area contributed by atoms with Crippen LogP contribution in [-0.4, -0.2) is 0 Å². The van der Waals surface area contributed by atoms with Crippen molar-refractivity contribution in [2.75, 3.05) is 0 Å². The zero-order chi connectivity index (χ0) is 8.27. The van der Waals surface area contributed by atoms with Gasteiger partial charge in [-0.3, -0.25) is 0 Å². The summed E-state index contributed by atoms with van der Waals surface area (Å²) in [6, 6.07) is 7.93. The average molecular weight is 209 g/mol. The van der Waals surface area contributed by atoms with E-state index in [1.54, 1.807) is 0 Å². The van der Waals surface area contributed by atoms with E-state index in [1.807, 2.05) is 30.3 Å². The normalized spacial score (nSPS) is 11.5. The fraction of sp³-hybridized carbons (Fsp3) is 0. The van der Waals surface area contributed by atoms with E-state index in [0.29, 0.717) is 0 Å². The number of benzene rings is 1. The van der Waals surface area contributed by atoms with E-state index in [2.05, 4.69) is 29.1 Å². The molecule has 1 aromatic carbocycles. The lowest BCUT2D eigenvalue weighted by Gasteiger charge is -1.86. The standard InChI is InChI=1S/C10H9Br/c1-8-5-3-4-6-10(8)7-9(2)11/h3-7H,1-2H2/b10-7-. The van der Waals surface area contributed by atoms with Gasteiger partial charge in [-0.05, 0) is 16.5 Å². The van der Waals surface area contributed by atoms with Gasteiger partial charge in [0, 0.05) is 4.48 Å². The molecular weight excluding hydrogens is 200 g/mol. The van der Waals surface area contributed by atoms with Crippen molar-refractivity contribution in [3.8, 4) is 0 Å². The van der Waals surface area contributed by atoms with E-state index < -0.39 is 0 Å². The van der Waals surface area contributed by atoms with Gasteiger partial charge < -0.3 is 0 Å². The summed E-state index contributed by atoms with van der Waals surface area (Å²) in [5, 5.41) is 2.13. The smallest absolute Gasteiger partial charge is 0.0109 e. The molecule has 56 valence electrons. The van der Waals surface area contributed by atoms with E-state index >= 15 is 0 Å². The van der Waals surface area contributed by atoms with Crippen molar-refractivity contribution < 1.29 is 0 Å². The highest BCUT2D eigenvalue weighted by Gasteiger charge is 1.80. The molecule has 0 aromatic heterocycles. The highest BCUT2D eigenvalue weighted by atomic mass is 79.9. The minimum absolute atomic E-state index is 0.869. The van der Waals surface area contributed by atoms with Crippen molar-refractivity contribution >= 4 is 28.6 Å². The van der Waals surface area contributed by atoms with Crippen LogP contribution in [0.2, 0.25) is 0 Å². The minimum Gasteiger partial charge on any atom is -0.0912 e. The van der Waals surface area contributed by atoms with E-state index in [-0.39, 0.29) is 0 Å². The van der Waals surface area contributed by atoms with Gasteiger partial charge in [0.2, 0.25) is 0 Å². The first-order valence-electron chi connectivity index (χ1n) is 3.30. The Labute approximate surface area is 74.7 Å². The Bertz CT molecular complexity index is 363. The van der Waals surface area contributed by atoms with Crippen LogP contribution in [0.5, 0.6) is 0 Å². The van der Waals surface area contributed by atoms with Gasteiger partial charge in [-0.15, -0.1) is 0 Å². The molecule has 0 aliphatic carbocycles. The van der Waals surface area contributed by atoms with Gasteiger partial charge in [0.05, 0.1) is 0 Å². The maximum absolute atomic E-state index is 3.88. The van der Waals surface area contributed by atoms with Crippen molar-refractivity contribution in [1.82, 2.24) is 0 Å². The zero-order valence-electron chi connectivity index (χ0n) is 6.18. The molecule has 1 aromatic rings. The van der Waals surface area contributed by atoms with Crippen molar-refractivity contribution in [1.29, 1.82) is 0 Å². The predicted octanol–water partition coefficient (Wildman–Crippen LogP) is 1.79. The first-order valence-corrected chi connectivity index (χ1v) is 4.09. The molecule has 0 spiro atoms. The van der Waals surface area contributed by atoms with Crippen LogP contribution in [0.1, 0.15) is 0 Å². The molecule has 0 saturated carbocycles. The number of hydrogen-bond donors (Lipinski definition) is 0. The summed E-state index contributed by atoms with van der Waals surface area (Å²) in [5.41, 5.74) is 0. The predicted molar refractivity (Wildman–Crippen MR) is 53.7 cm³/mol. The molecular formula is C10H9Br. The number of halogens is 1. The molecule has 0 aliphatic rings. The third-order valence-electron chi connectivity index (χ3n) is 1.37. The largest absolute Gasteiger partial charge is 0.0912 e. The number of hydrogen-bond acceptors (Lipinski definition) is 0. The Morgan fingerprint density at radius 2 is 2.00 bits per heavy atom. The van der Waals surface area contributed by atoms with Crippen LogP contribution in [-0.2, 0) is 0 Å². The molecule has 0 atom stereocenters. The van der Waals surface area contributed by atoms with Gasteiger partial charge in [-0.1, -0.05) is 53.4 Å². The maximum atomic E-state index is 3.88. The summed E-state index contributed by atoms with van der Waals surface area (Å²) in [7, 11) is 0. The monoisotopic (exact) mass is 208 g/mol. The van der Waals surface area contributed by atoms with Crippen molar-refractivity contribution in [2.45, 2.75) is 0 Å². The van der Waals surface area contributed by atoms with Gasteiger partial charge in [0.1, 0.15) is 0 Å². The third-order valence-corrected chi connectivity index (χ3v) is 1.60. The Morgan fingerprint density at radius 1 is 1.36 bits per heavy atom. The first kappa shape index (κ1) is 8.28. The second-order valence-corrected chi connectivity index (χ2v) is 3.31. The fourth-order valence-corrected chi connectivity index (χ4v) is 1.09. The minimum atomic E-state index is 0.869. The summed E-state index contributed by atoms with van der Waals surface area (Å²) < 4.78 is 0.869. The van der Waals surface area contributed by atoms with Crippen molar-refractivity contribution in [3.05, 3.63) is 45.8 Å². The quantitative estimate of drug-likeness (QED) is 0.661. The second-order valence-electron chi connectivity index (χ2n) is 2.29. The molecule has 0 saturated heterocycles. The van der Waals surface area contributed by atoms with Gasteiger partial charge in [0.25, 0.3) is 0 Å². The summed E-state index contributed by atoms with van der Waals surface area (Å²) in [6.07, 6.45) is 1.95. The Morgan fingerprint density at radius 3 is 2.55 bits per heavy atom. The van der Waals surface area contributed by atoms with Crippen LogP contribution in [0.15, 0.2) is 35.3 Å². The summed E-state index contributed by atoms with van der Waals surface area (Å²) in [6.45, 7) is 7.61. The van der Waals surface area contributed by atoms with Crippen LogP contribution < -0.4 is 10.4 Å². The first-order chi connectivity index (χ1) is 5.20. The third kappa shape index (κ3) is 2.35. The Balaban J connectivity index is 3.36. The zero-order valence-corrected chi connectivity index (χ0v) is 7.76. The van der Waals surface area contributed by atoms with Crippen LogP contribution in [0.4, 0.5) is 0 Å². The summed E-state index contributed by atoms with van der Waals surface area (Å²) in [5.74, 6) is 0. The van der Waals surface area contributed by atoms with E-state index in [9.17, 15) is 0 Å². The molecule has 0 amide bonds. The SMILES string of the molecule is C=C(Br)/C=c1/ccccc1=C. The van der Waals surface area contributed by atoms with Crippen LogP contribution in [0, 0.1) is 0 Å². The molecule has 0 N–H and O–H groups in total. The van der Waals surface area contributed by atoms with E-state index in [1.165, 1.54) is 0 Å². The molecule has 0 aliphatic heterocycles. The maximum Gasteiger partial charge on any atom is 0.0109 e. The lowest BCUT2D eigenvalue weighted by Crippen LogP contribution is -2.21. The van der Waals surface area contributed by atoms with E-state index in [4.69, 9.17) is 0 Å². The van der Waals surface area contributed by atoms with Crippen LogP contribution in [0.25, 0.3) is 12.7 Å². The lowest BCUT2D eigenvalue weighted by atomic mass is 10.2. The molecule has 1 rings (SSSR count). The molecule has 1 heteroatoms. The van der Waals surface area contributed by atoms with Gasteiger partial charge >= 0.3 is 0 Å². The molecule has 0 radical (unpaired) electrons. The summed E-state index contributed by atoms with van der Waals surface area (Å²) in [4.78, 5) is 0. The summed E-state index contributed by atoms with van der Waals surface area (Å²) >= 11 is 3.27. The Kier molecular flexibility index (Phi) is 2.66. The average Bonchev–Trinajstić information content (AvgIpc) is 1.93. The number of allylic oxidation sites excluding steroid dienone is 1. The molecule has 0 heterocycles. The van der Waals surface area contributed by atoms with Crippen molar-refractivity contribution in [3.63, 3.8) is 0 Å². The van der Waals surface area contributed by atoms with Gasteiger partial charge in [0.15, 0.2) is 0 Å². The molecule has 0 nitrogen and oxygen atoms in total. The number of rotatable bonds is 1. The Hall–Kier alpha value is -0.820. The lowest BCUT2D eigenvalue weighted by molar-refractivity contribution is 1.53. The molecule has 0 bridgehead atoms. The highest BCUT2D eigenvalue weighted by Crippen LogP contribution is 1.99. The van der Waals surface area contributed by atoms with Gasteiger partial charge in [-0.2, -0.15) is 0 Å². The van der Waals surface area contributed by atoms with Crippen LogP contribution in [0.3, 0.4) is 0 Å². The molecule has 0 fully saturated rings. The molecule has 0 unspecified atom stereocenters.